The Hall–Kier alpha value is -2.42. The Kier molecular flexibility index (Phi) is 6.26. The number of nitrogens with zero attached hydrogens (tertiary/aromatic N) is 4. The van der Waals surface area contributed by atoms with E-state index < -0.39 is 6.04 Å². The molecule has 0 radical (unpaired) electrons. The summed E-state index contributed by atoms with van der Waals surface area (Å²) in [5.74, 6) is -0.216. The van der Waals surface area contributed by atoms with E-state index in [1.54, 1.807) is 18.5 Å². The molecule has 0 saturated carbocycles. The molecule has 2 aliphatic heterocycles. The van der Waals surface area contributed by atoms with E-state index in [0.717, 1.165) is 41.2 Å². The van der Waals surface area contributed by atoms with Gasteiger partial charge in [0, 0.05) is 30.8 Å². The average molecular weight is 439 g/mol. The van der Waals surface area contributed by atoms with Crippen LogP contribution in [0.2, 0.25) is 0 Å². The minimum Gasteiger partial charge on any atom is -0.348 e. The molecule has 0 aliphatic carbocycles. The molecule has 5 rings (SSSR count). The van der Waals surface area contributed by atoms with E-state index in [1.807, 2.05) is 15.8 Å². The minimum absolute atomic E-state index is 0. The van der Waals surface area contributed by atoms with Crippen LogP contribution in [0.15, 0.2) is 36.8 Å². The lowest BCUT2D eigenvalue weighted by Gasteiger charge is -2.26. The number of carbonyl (C=O) groups is 1. The van der Waals surface area contributed by atoms with Crippen LogP contribution in [0.25, 0.3) is 0 Å². The smallest absolute Gasteiger partial charge is 0.246 e. The van der Waals surface area contributed by atoms with Gasteiger partial charge in [-0.1, -0.05) is 12.1 Å². The Morgan fingerprint density at radius 3 is 2.79 bits per heavy atom. The van der Waals surface area contributed by atoms with E-state index in [1.165, 1.54) is 12.1 Å². The highest BCUT2D eigenvalue weighted by Crippen LogP contribution is 2.28. The molecule has 0 fully saturated rings. The van der Waals surface area contributed by atoms with Crippen molar-refractivity contribution in [1.82, 2.24) is 30.0 Å². The second kappa shape index (κ2) is 8.52. The Bertz CT molecular complexity index is 1000. The van der Waals surface area contributed by atoms with Crippen LogP contribution in [0.1, 0.15) is 34.3 Å². The van der Waals surface area contributed by atoms with Crippen molar-refractivity contribution in [3.8, 4) is 0 Å². The van der Waals surface area contributed by atoms with Crippen LogP contribution in [0.5, 0.6) is 0 Å². The highest BCUT2D eigenvalue weighted by Gasteiger charge is 2.35. The summed E-state index contributed by atoms with van der Waals surface area (Å²) in [5, 5.41) is 7.73. The fourth-order valence-electron chi connectivity index (χ4n) is 3.87. The molecule has 0 bridgehead atoms. The van der Waals surface area contributed by atoms with E-state index in [9.17, 15) is 9.18 Å². The number of imidazole rings is 1. The molecule has 0 saturated heterocycles. The molecule has 4 heterocycles. The van der Waals surface area contributed by atoms with Gasteiger partial charge in [-0.15, -0.1) is 24.8 Å². The quantitative estimate of drug-likeness (QED) is 0.657. The van der Waals surface area contributed by atoms with Crippen LogP contribution < -0.4 is 5.32 Å². The van der Waals surface area contributed by atoms with Gasteiger partial charge in [0.2, 0.25) is 5.91 Å². The van der Waals surface area contributed by atoms with Crippen LogP contribution in [-0.4, -0.2) is 37.1 Å². The normalized spacial score (nSPS) is 17.1. The third kappa shape index (κ3) is 3.88. The lowest BCUT2D eigenvalue weighted by molar-refractivity contribution is -0.134. The first kappa shape index (κ1) is 21.3. The van der Waals surface area contributed by atoms with E-state index in [2.05, 4.69) is 20.4 Å². The van der Waals surface area contributed by atoms with Gasteiger partial charge in [0.15, 0.2) is 0 Å². The summed E-state index contributed by atoms with van der Waals surface area (Å²) in [6.45, 7) is 2.39. The Morgan fingerprint density at radius 2 is 2.00 bits per heavy atom. The SMILES string of the molecule is Cl.Cl.O=C(C1NCCc2[nH]cnc21)N1Cc2cnn(Cc3ccc(F)cc3)c2C1. The molecule has 2 aliphatic rings. The number of rotatable bonds is 3. The lowest BCUT2D eigenvalue weighted by Crippen LogP contribution is -2.42. The van der Waals surface area contributed by atoms with Gasteiger partial charge in [-0.25, -0.2) is 9.37 Å². The van der Waals surface area contributed by atoms with Crippen LogP contribution in [0.3, 0.4) is 0 Å². The first-order chi connectivity index (χ1) is 13.2. The number of halogens is 3. The second-order valence-electron chi connectivity index (χ2n) is 7.00. The van der Waals surface area contributed by atoms with Gasteiger partial charge in [-0.2, -0.15) is 5.10 Å². The molecule has 1 amide bonds. The predicted molar refractivity (Wildman–Crippen MR) is 110 cm³/mol. The topological polar surface area (TPSA) is 78.8 Å². The van der Waals surface area contributed by atoms with Crippen molar-refractivity contribution in [3.63, 3.8) is 0 Å². The van der Waals surface area contributed by atoms with Crippen molar-refractivity contribution in [2.45, 2.75) is 32.1 Å². The van der Waals surface area contributed by atoms with Gasteiger partial charge >= 0.3 is 0 Å². The molecule has 2 aromatic heterocycles. The summed E-state index contributed by atoms with van der Waals surface area (Å²) in [7, 11) is 0. The first-order valence-electron chi connectivity index (χ1n) is 9.01. The number of amides is 1. The Labute approximate surface area is 179 Å². The van der Waals surface area contributed by atoms with Gasteiger partial charge in [0.1, 0.15) is 11.9 Å². The minimum atomic E-state index is -0.400. The zero-order chi connectivity index (χ0) is 18.4. The zero-order valence-electron chi connectivity index (χ0n) is 15.5. The third-order valence-corrected chi connectivity index (χ3v) is 5.29. The number of nitrogens with one attached hydrogen (secondary N) is 2. The molecule has 29 heavy (non-hydrogen) atoms. The maximum absolute atomic E-state index is 13.1. The third-order valence-electron chi connectivity index (χ3n) is 5.29. The van der Waals surface area contributed by atoms with Crippen molar-refractivity contribution in [1.29, 1.82) is 0 Å². The molecule has 7 nitrogen and oxygen atoms in total. The number of carbonyl (C=O) groups excluding carboxylic acids is 1. The van der Waals surface area contributed by atoms with Crippen LogP contribution >= 0.6 is 24.8 Å². The number of benzene rings is 1. The van der Waals surface area contributed by atoms with Crippen LogP contribution in [-0.2, 0) is 30.8 Å². The van der Waals surface area contributed by atoms with Crippen molar-refractivity contribution < 1.29 is 9.18 Å². The van der Waals surface area contributed by atoms with Crippen molar-refractivity contribution in [2.24, 2.45) is 0 Å². The number of hydrogen-bond acceptors (Lipinski definition) is 4. The molecular formula is C19H21Cl2FN6O. The summed E-state index contributed by atoms with van der Waals surface area (Å²) in [6.07, 6.45) is 4.32. The fraction of sp³-hybridized carbons (Fsp3) is 0.316. The van der Waals surface area contributed by atoms with E-state index >= 15 is 0 Å². The van der Waals surface area contributed by atoms with E-state index in [4.69, 9.17) is 0 Å². The fourth-order valence-corrected chi connectivity index (χ4v) is 3.87. The second-order valence-corrected chi connectivity index (χ2v) is 7.00. The van der Waals surface area contributed by atoms with Gasteiger partial charge in [-0.3, -0.25) is 9.48 Å². The van der Waals surface area contributed by atoms with Crippen molar-refractivity contribution in [2.75, 3.05) is 6.54 Å². The van der Waals surface area contributed by atoms with Crippen molar-refractivity contribution in [3.05, 3.63) is 70.8 Å². The Balaban J connectivity index is 0.00000120. The number of hydrogen-bond donors (Lipinski definition) is 2. The molecule has 1 atom stereocenters. The largest absolute Gasteiger partial charge is 0.348 e. The van der Waals surface area contributed by atoms with Gasteiger partial charge in [0.05, 0.1) is 37.0 Å². The standard InChI is InChI=1S/C19H19FN6O.2ClH/c20-14-3-1-12(2-4-14)8-26-16-10-25(9-13(16)7-24-26)19(27)18-17-15(5-6-21-18)22-11-23-17;;/h1-4,7,11,18,21H,5-6,8-10H2,(H,22,23);2*1H. The molecule has 10 heteroatoms. The molecule has 2 N–H and O–H groups in total. The zero-order valence-corrected chi connectivity index (χ0v) is 17.1. The molecule has 0 spiro atoms. The molecule has 1 unspecified atom stereocenters. The maximum Gasteiger partial charge on any atom is 0.246 e. The first-order valence-corrected chi connectivity index (χ1v) is 9.01. The maximum atomic E-state index is 13.1. The van der Waals surface area contributed by atoms with E-state index in [-0.39, 0.29) is 36.5 Å². The van der Waals surface area contributed by atoms with Crippen LogP contribution in [0, 0.1) is 5.82 Å². The summed E-state index contributed by atoms with van der Waals surface area (Å²) < 4.78 is 15.0. The summed E-state index contributed by atoms with van der Waals surface area (Å²) in [6, 6.07) is 6.01. The lowest BCUT2D eigenvalue weighted by atomic mass is 10.0. The highest BCUT2D eigenvalue weighted by molar-refractivity contribution is 5.85. The molecule has 1 aromatic carbocycles. The number of fused-ring (bicyclic) bond motifs is 2. The number of aromatic nitrogens is 4. The monoisotopic (exact) mass is 438 g/mol. The molecule has 3 aromatic rings. The average Bonchev–Trinajstić information content (AvgIpc) is 3.39. The van der Waals surface area contributed by atoms with Gasteiger partial charge in [0.25, 0.3) is 0 Å². The van der Waals surface area contributed by atoms with Gasteiger partial charge < -0.3 is 15.2 Å². The highest BCUT2D eigenvalue weighted by atomic mass is 35.5. The van der Waals surface area contributed by atoms with Crippen LogP contribution in [0.4, 0.5) is 4.39 Å². The summed E-state index contributed by atoms with van der Waals surface area (Å²) in [5.41, 5.74) is 4.90. The summed E-state index contributed by atoms with van der Waals surface area (Å²) >= 11 is 0. The molecular weight excluding hydrogens is 418 g/mol. The molecule has 154 valence electrons. The Morgan fingerprint density at radius 1 is 1.21 bits per heavy atom. The summed E-state index contributed by atoms with van der Waals surface area (Å²) in [4.78, 5) is 22.4. The predicted octanol–water partition coefficient (Wildman–Crippen LogP) is 2.37. The van der Waals surface area contributed by atoms with E-state index in [0.29, 0.717) is 19.6 Å². The number of H-pyrrole nitrogens is 1. The number of aromatic amines is 1. The van der Waals surface area contributed by atoms with Crippen molar-refractivity contribution >= 4 is 30.7 Å². The van der Waals surface area contributed by atoms with Gasteiger partial charge in [-0.05, 0) is 17.7 Å².